The van der Waals surface area contributed by atoms with Gasteiger partial charge in [0.05, 0.1) is 12.1 Å². The predicted molar refractivity (Wildman–Crippen MR) is 123 cm³/mol. The van der Waals surface area contributed by atoms with E-state index in [1.165, 1.54) is 24.0 Å². The zero-order valence-electron chi connectivity index (χ0n) is 18.3. The summed E-state index contributed by atoms with van der Waals surface area (Å²) < 4.78 is 2.03. The summed E-state index contributed by atoms with van der Waals surface area (Å²) in [5.74, 6) is 1.89. The summed E-state index contributed by atoms with van der Waals surface area (Å²) in [5, 5.41) is 0. The Bertz CT molecular complexity index is 1210. The molecule has 0 spiro atoms. The zero-order chi connectivity index (χ0) is 21.2. The molecule has 0 aromatic carbocycles. The molecule has 0 radical (unpaired) electrons. The Kier molecular flexibility index (Phi) is 5.37. The van der Waals surface area contributed by atoms with Crippen LogP contribution in [0.2, 0.25) is 0 Å². The van der Waals surface area contributed by atoms with Gasteiger partial charge in [-0.3, -0.25) is 4.98 Å². The van der Waals surface area contributed by atoms with Crippen molar-refractivity contribution in [1.29, 1.82) is 0 Å². The Balaban J connectivity index is 1.48. The second-order valence-corrected chi connectivity index (χ2v) is 8.39. The number of aryl methyl sites for hydroxylation is 2. The summed E-state index contributed by atoms with van der Waals surface area (Å²) in [6.07, 6.45) is 10.7. The van der Waals surface area contributed by atoms with E-state index >= 15 is 0 Å². The van der Waals surface area contributed by atoms with Crippen molar-refractivity contribution in [1.82, 2.24) is 24.3 Å². The first-order valence-electron chi connectivity index (χ1n) is 11.2. The van der Waals surface area contributed by atoms with Gasteiger partial charge in [-0.05, 0) is 61.6 Å². The molecule has 6 nitrogen and oxygen atoms in total. The van der Waals surface area contributed by atoms with Crippen LogP contribution in [0, 0.1) is 6.92 Å². The molecule has 0 N–H and O–H groups in total. The molecule has 0 saturated carbocycles. The third kappa shape index (κ3) is 4.43. The highest BCUT2D eigenvalue weighted by Crippen LogP contribution is 2.21. The lowest BCUT2D eigenvalue weighted by molar-refractivity contribution is 0.848. The van der Waals surface area contributed by atoms with E-state index in [2.05, 4.69) is 60.3 Å². The molecule has 5 rings (SSSR count). The number of nitrogens with zero attached hydrogens (tertiary/aromatic N) is 6. The fraction of sp³-hybridized carbons (Fsp3) is 0.360. The molecule has 158 valence electrons. The van der Waals surface area contributed by atoms with Crippen LogP contribution in [-0.2, 0) is 19.3 Å². The van der Waals surface area contributed by atoms with Crippen LogP contribution in [0.1, 0.15) is 53.8 Å². The van der Waals surface area contributed by atoms with Crippen LogP contribution in [0.15, 0.2) is 48.9 Å². The molecule has 5 heterocycles. The van der Waals surface area contributed by atoms with E-state index in [4.69, 9.17) is 15.0 Å². The van der Waals surface area contributed by atoms with Gasteiger partial charge in [0.2, 0.25) is 0 Å². The van der Waals surface area contributed by atoms with Crippen molar-refractivity contribution in [3.8, 4) is 0 Å². The molecular formula is C25H28N6. The molecule has 0 bridgehead atoms. The average Bonchev–Trinajstić information content (AvgIpc) is 3.45. The third-order valence-electron chi connectivity index (χ3n) is 5.87. The van der Waals surface area contributed by atoms with Crippen molar-refractivity contribution in [3.05, 3.63) is 83.0 Å². The Labute approximate surface area is 183 Å². The molecule has 1 saturated heterocycles. The van der Waals surface area contributed by atoms with E-state index < -0.39 is 0 Å². The minimum Gasteiger partial charge on any atom is -0.357 e. The first-order valence-corrected chi connectivity index (χ1v) is 11.2. The monoisotopic (exact) mass is 412 g/mol. The van der Waals surface area contributed by atoms with E-state index in [0.717, 1.165) is 60.3 Å². The number of imidazole rings is 1. The maximum atomic E-state index is 4.94. The van der Waals surface area contributed by atoms with E-state index in [1.54, 1.807) is 0 Å². The van der Waals surface area contributed by atoms with E-state index in [-0.39, 0.29) is 0 Å². The Morgan fingerprint density at radius 1 is 0.871 bits per heavy atom. The first kappa shape index (κ1) is 19.7. The highest BCUT2D eigenvalue weighted by atomic mass is 15.2. The molecule has 4 aromatic rings. The summed E-state index contributed by atoms with van der Waals surface area (Å²) in [6, 6.07) is 10.7. The summed E-state index contributed by atoms with van der Waals surface area (Å²) >= 11 is 0. The summed E-state index contributed by atoms with van der Waals surface area (Å²) in [7, 11) is 0. The molecule has 6 heteroatoms. The number of hydrogen-bond donors (Lipinski definition) is 0. The highest BCUT2D eigenvalue weighted by molar-refractivity contribution is 5.45. The minimum atomic E-state index is 0.655. The molecule has 0 aliphatic carbocycles. The van der Waals surface area contributed by atoms with Gasteiger partial charge >= 0.3 is 0 Å². The summed E-state index contributed by atoms with van der Waals surface area (Å²) in [4.78, 5) is 21.5. The topological polar surface area (TPSA) is 59.2 Å². The molecule has 1 aliphatic rings. The number of aromatic nitrogens is 5. The lowest BCUT2D eigenvalue weighted by Gasteiger charge is -2.18. The van der Waals surface area contributed by atoms with Gasteiger partial charge in [0.25, 0.3) is 0 Å². The molecule has 1 aliphatic heterocycles. The third-order valence-corrected chi connectivity index (χ3v) is 5.87. The normalized spacial score (nSPS) is 13.9. The Morgan fingerprint density at radius 2 is 1.68 bits per heavy atom. The largest absolute Gasteiger partial charge is 0.357 e. The highest BCUT2D eigenvalue weighted by Gasteiger charge is 2.17. The fourth-order valence-electron chi connectivity index (χ4n) is 4.34. The Morgan fingerprint density at radius 3 is 2.52 bits per heavy atom. The smallest absolute Gasteiger partial charge is 0.136 e. The summed E-state index contributed by atoms with van der Waals surface area (Å²) in [5.41, 5.74) is 6.62. The standard InChI is InChI=1S/C25H28N6/c1-3-20-12-18(2)13-21(27-20)16-23-28-22(17-25(29-23)30-8-4-5-9-30)14-19-6-10-31-11-7-26-24(31)15-19/h6-7,10-13,15,17H,3-5,8-9,14,16H2,1-2H3. The van der Waals surface area contributed by atoms with Gasteiger partial charge in [-0.1, -0.05) is 6.92 Å². The van der Waals surface area contributed by atoms with Crippen molar-refractivity contribution < 1.29 is 0 Å². The maximum Gasteiger partial charge on any atom is 0.136 e. The SMILES string of the molecule is CCc1cc(C)cc(Cc2nc(Cc3ccn4ccnc4c3)cc(N3CCCC3)n2)n1. The van der Waals surface area contributed by atoms with Crippen LogP contribution < -0.4 is 4.90 Å². The first-order chi connectivity index (χ1) is 15.2. The molecule has 4 aromatic heterocycles. The van der Waals surface area contributed by atoms with Crippen LogP contribution in [0.3, 0.4) is 0 Å². The van der Waals surface area contributed by atoms with Gasteiger partial charge in [0.1, 0.15) is 17.3 Å². The van der Waals surface area contributed by atoms with Crippen LogP contribution in [0.25, 0.3) is 5.65 Å². The van der Waals surface area contributed by atoms with Gasteiger partial charge in [0, 0.05) is 55.6 Å². The van der Waals surface area contributed by atoms with Gasteiger partial charge < -0.3 is 9.30 Å². The van der Waals surface area contributed by atoms with Crippen LogP contribution in [0.4, 0.5) is 5.82 Å². The fourth-order valence-corrected chi connectivity index (χ4v) is 4.34. The van der Waals surface area contributed by atoms with Gasteiger partial charge in [-0.2, -0.15) is 0 Å². The average molecular weight is 413 g/mol. The molecule has 1 fully saturated rings. The van der Waals surface area contributed by atoms with Gasteiger partial charge in [-0.25, -0.2) is 15.0 Å². The number of fused-ring (bicyclic) bond motifs is 1. The number of pyridine rings is 2. The lowest BCUT2D eigenvalue weighted by atomic mass is 10.1. The zero-order valence-corrected chi connectivity index (χ0v) is 18.3. The van der Waals surface area contributed by atoms with Crippen molar-refractivity contribution in [2.45, 2.75) is 46.0 Å². The second kappa shape index (κ2) is 8.46. The van der Waals surface area contributed by atoms with Crippen molar-refractivity contribution >= 4 is 11.5 Å². The molecule has 0 amide bonds. The van der Waals surface area contributed by atoms with Crippen molar-refractivity contribution in [2.24, 2.45) is 0 Å². The van der Waals surface area contributed by atoms with Gasteiger partial charge in [0.15, 0.2) is 0 Å². The molecular weight excluding hydrogens is 384 g/mol. The minimum absolute atomic E-state index is 0.655. The Hall–Kier alpha value is -3.28. The van der Waals surface area contributed by atoms with E-state index in [0.29, 0.717) is 6.42 Å². The van der Waals surface area contributed by atoms with Crippen molar-refractivity contribution in [2.75, 3.05) is 18.0 Å². The number of rotatable bonds is 6. The quantitative estimate of drug-likeness (QED) is 0.476. The van der Waals surface area contributed by atoms with Crippen LogP contribution in [0.5, 0.6) is 0 Å². The van der Waals surface area contributed by atoms with E-state index in [1.807, 2.05) is 16.8 Å². The predicted octanol–water partition coefficient (Wildman–Crippen LogP) is 4.17. The van der Waals surface area contributed by atoms with Crippen LogP contribution >= 0.6 is 0 Å². The van der Waals surface area contributed by atoms with E-state index in [9.17, 15) is 0 Å². The maximum absolute atomic E-state index is 4.94. The lowest BCUT2D eigenvalue weighted by Crippen LogP contribution is -2.20. The molecule has 31 heavy (non-hydrogen) atoms. The van der Waals surface area contributed by atoms with Gasteiger partial charge in [-0.15, -0.1) is 0 Å². The second-order valence-electron chi connectivity index (χ2n) is 8.39. The molecule has 0 unspecified atom stereocenters. The molecule has 0 atom stereocenters. The number of hydrogen-bond acceptors (Lipinski definition) is 5. The van der Waals surface area contributed by atoms with Crippen LogP contribution in [-0.4, -0.2) is 37.4 Å². The summed E-state index contributed by atoms with van der Waals surface area (Å²) in [6.45, 7) is 6.41. The number of anilines is 1. The van der Waals surface area contributed by atoms with Crippen molar-refractivity contribution in [3.63, 3.8) is 0 Å².